The van der Waals surface area contributed by atoms with Gasteiger partial charge in [0, 0.05) is 37.3 Å². The second kappa shape index (κ2) is 8.83. The summed E-state index contributed by atoms with van der Waals surface area (Å²) >= 11 is 0. The van der Waals surface area contributed by atoms with Crippen LogP contribution in [0.1, 0.15) is 57.8 Å². The molecule has 3 rings (SSSR count). The third-order valence-electron chi connectivity index (χ3n) is 6.93. The number of nitrogens with one attached hydrogen (secondary N) is 1. The smallest absolute Gasteiger partial charge is 0.223 e. The largest absolute Gasteiger partial charge is 0.381 e. The molecule has 2 saturated heterocycles. The SMILES string of the molecule is CN(C)C1(CNC(=O)C2CCN(C3CCOCC3)CC2)CCCCC1. The molecular weight excluding hydrogens is 314 g/mol. The van der Waals surface area contributed by atoms with E-state index in [-0.39, 0.29) is 11.5 Å². The first-order chi connectivity index (χ1) is 12.1. The molecule has 0 spiro atoms. The summed E-state index contributed by atoms with van der Waals surface area (Å²) in [5, 5.41) is 3.32. The number of carbonyl (C=O) groups excluding carboxylic acids is 1. The molecule has 0 atom stereocenters. The number of hydrogen-bond acceptors (Lipinski definition) is 4. The lowest BCUT2D eigenvalue weighted by Crippen LogP contribution is -2.55. The van der Waals surface area contributed by atoms with Crippen molar-refractivity contribution in [2.75, 3.05) is 46.9 Å². The van der Waals surface area contributed by atoms with Gasteiger partial charge in [-0.1, -0.05) is 19.3 Å². The van der Waals surface area contributed by atoms with E-state index in [0.717, 1.165) is 58.5 Å². The standard InChI is InChI=1S/C20H37N3O2/c1-22(2)20(10-4-3-5-11-20)16-21-19(24)17-6-12-23(13-7-17)18-8-14-25-15-9-18/h17-18H,3-16H2,1-2H3,(H,21,24). The maximum absolute atomic E-state index is 12.7. The zero-order chi connectivity index (χ0) is 17.7. The van der Waals surface area contributed by atoms with Crippen LogP contribution in [0.15, 0.2) is 0 Å². The lowest BCUT2D eigenvalue weighted by molar-refractivity contribution is -0.127. The van der Waals surface area contributed by atoms with Crippen molar-refractivity contribution in [2.45, 2.75) is 69.4 Å². The van der Waals surface area contributed by atoms with Gasteiger partial charge in [-0.15, -0.1) is 0 Å². The number of likely N-dealkylation sites (N-methyl/N-ethyl adjacent to an activating group) is 1. The van der Waals surface area contributed by atoms with E-state index < -0.39 is 0 Å². The van der Waals surface area contributed by atoms with Crippen LogP contribution in [0.4, 0.5) is 0 Å². The number of piperidine rings is 1. The van der Waals surface area contributed by atoms with E-state index >= 15 is 0 Å². The van der Waals surface area contributed by atoms with Crippen molar-refractivity contribution in [3.63, 3.8) is 0 Å². The van der Waals surface area contributed by atoms with Gasteiger partial charge in [-0.3, -0.25) is 4.79 Å². The Bertz CT molecular complexity index is 421. The summed E-state index contributed by atoms with van der Waals surface area (Å²) in [5.74, 6) is 0.498. The molecule has 0 radical (unpaired) electrons. The van der Waals surface area contributed by atoms with Crippen LogP contribution in [0.5, 0.6) is 0 Å². The maximum Gasteiger partial charge on any atom is 0.223 e. The highest BCUT2D eigenvalue weighted by atomic mass is 16.5. The van der Waals surface area contributed by atoms with E-state index in [9.17, 15) is 4.79 Å². The fourth-order valence-corrected chi connectivity index (χ4v) is 4.97. The molecule has 5 nitrogen and oxygen atoms in total. The first-order valence-electron chi connectivity index (χ1n) is 10.4. The van der Waals surface area contributed by atoms with Gasteiger partial charge in [-0.2, -0.15) is 0 Å². The normalized spacial score (nSPS) is 26.7. The Morgan fingerprint density at radius 2 is 1.72 bits per heavy atom. The van der Waals surface area contributed by atoms with Gasteiger partial charge in [0.1, 0.15) is 0 Å². The molecular formula is C20H37N3O2. The minimum absolute atomic E-state index is 0.177. The van der Waals surface area contributed by atoms with Gasteiger partial charge < -0.3 is 19.9 Å². The molecule has 1 amide bonds. The Morgan fingerprint density at radius 3 is 2.32 bits per heavy atom. The molecule has 2 aliphatic heterocycles. The van der Waals surface area contributed by atoms with Crippen molar-refractivity contribution in [3.05, 3.63) is 0 Å². The highest BCUT2D eigenvalue weighted by Crippen LogP contribution is 2.32. The maximum atomic E-state index is 12.7. The van der Waals surface area contributed by atoms with Crippen molar-refractivity contribution in [2.24, 2.45) is 5.92 Å². The zero-order valence-electron chi connectivity index (χ0n) is 16.3. The molecule has 0 aromatic rings. The van der Waals surface area contributed by atoms with Crippen molar-refractivity contribution in [3.8, 4) is 0 Å². The van der Waals surface area contributed by atoms with Crippen LogP contribution in [0.25, 0.3) is 0 Å². The Labute approximate surface area is 153 Å². The van der Waals surface area contributed by atoms with E-state index in [1.54, 1.807) is 0 Å². The molecule has 3 fully saturated rings. The predicted molar refractivity (Wildman–Crippen MR) is 101 cm³/mol. The lowest BCUT2D eigenvalue weighted by atomic mass is 9.80. The highest BCUT2D eigenvalue weighted by molar-refractivity contribution is 5.78. The Kier molecular flexibility index (Phi) is 6.75. The molecule has 2 heterocycles. The Hall–Kier alpha value is -0.650. The second-order valence-corrected chi connectivity index (χ2v) is 8.55. The topological polar surface area (TPSA) is 44.8 Å². The molecule has 3 aliphatic rings. The number of carbonyl (C=O) groups is 1. The third kappa shape index (κ3) is 4.75. The lowest BCUT2D eigenvalue weighted by Gasteiger charge is -2.43. The fourth-order valence-electron chi connectivity index (χ4n) is 4.97. The first-order valence-corrected chi connectivity index (χ1v) is 10.4. The summed E-state index contributed by atoms with van der Waals surface area (Å²) < 4.78 is 5.47. The summed E-state index contributed by atoms with van der Waals surface area (Å²) in [4.78, 5) is 17.7. The van der Waals surface area contributed by atoms with Gasteiger partial charge in [0.25, 0.3) is 0 Å². The summed E-state index contributed by atoms with van der Waals surface area (Å²) in [6.45, 7) is 4.76. The average molecular weight is 352 g/mol. The molecule has 1 N–H and O–H groups in total. The molecule has 0 bridgehead atoms. The molecule has 5 heteroatoms. The van der Waals surface area contributed by atoms with Gasteiger partial charge in [-0.25, -0.2) is 0 Å². The summed E-state index contributed by atoms with van der Waals surface area (Å²) in [7, 11) is 4.34. The van der Waals surface area contributed by atoms with Gasteiger partial charge in [-0.05, 0) is 65.7 Å². The van der Waals surface area contributed by atoms with Crippen LogP contribution in [-0.4, -0.2) is 74.2 Å². The molecule has 0 aromatic carbocycles. The summed E-state index contributed by atoms with van der Waals surface area (Å²) in [5.41, 5.74) is 0.177. The van der Waals surface area contributed by atoms with Crippen LogP contribution < -0.4 is 5.32 Å². The molecule has 1 aliphatic carbocycles. The highest BCUT2D eigenvalue weighted by Gasteiger charge is 2.36. The Morgan fingerprint density at radius 1 is 1.08 bits per heavy atom. The van der Waals surface area contributed by atoms with E-state index in [1.165, 1.54) is 32.1 Å². The van der Waals surface area contributed by atoms with Crippen molar-refractivity contribution in [1.82, 2.24) is 15.1 Å². The second-order valence-electron chi connectivity index (χ2n) is 8.55. The molecule has 1 saturated carbocycles. The van der Waals surface area contributed by atoms with E-state index in [4.69, 9.17) is 4.74 Å². The average Bonchev–Trinajstić information content (AvgIpc) is 2.67. The summed E-state index contributed by atoms with van der Waals surface area (Å²) in [6, 6.07) is 0.678. The van der Waals surface area contributed by atoms with Crippen molar-refractivity contribution >= 4 is 5.91 Å². The molecule has 144 valence electrons. The Balaban J connectivity index is 1.44. The van der Waals surface area contributed by atoms with Gasteiger partial charge in [0.05, 0.1) is 0 Å². The van der Waals surface area contributed by atoms with Crippen molar-refractivity contribution in [1.29, 1.82) is 0 Å². The fraction of sp³-hybridized carbons (Fsp3) is 0.950. The monoisotopic (exact) mass is 351 g/mol. The number of amides is 1. The number of ether oxygens (including phenoxy) is 1. The number of nitrogens with zero attached hydrogens (tertiary/aromatic N) is 2. The van der Waals surface area contributed by atoms with E-state index in [2.05, 4.69) is 29.2 Å². The first kappa shape index (κ1) is 19.1. The van der Waals surface area contributed by atoms with Crippen LogP contribution in [0.2, 0.25) is 0 Å². The molecule has 0 aromatic heterocycles. The van der Waals surface area contributed by atoms with Crippen LogP contribution in [0, 0.1) is 5.92 Å². The van der Waals surface area contributed by atoms with Crippen LogP contribution >= 0.6 is 0 Å². The van der Waals surface area contributed by atoms with E-state index in [0.29, 0.717) is 11.9 Å². The number of rotatable bonds is 5. The number of hydrogen-bond donors (Lipinski definition) is 1. The van der Waals surface area contributed by atoms with Crippen molar-refractivity contribution < 1.29 is 9.53 Å². The van der Waals surface area contributed by atoms with Gasteiger partial charge in [0.15, 0.2) is 0 Å². The van der Waals surface area contributed by atoms with Crippen LogP contribution in [-0.2, 0) is 9.53 Å². The van der Waals surface area contributed by atoms with Crippen LogP contribution in [0.3, 0.4) is 0 Å². The van der Waals surface area contributed by atoms with Gasteiger partial charge in [0.2, 0.25) is 5.91 Å². The van der Waals surface area contributed by atoms with E-state index in [1.807, 2.05) is 0 Å². The predicted octanol–water partition coefficient (Wildman–Crippen LogP) is 2.26. The zero-order valence-corrected chi connectivity index (χ0v) is 16.3. The van der Waals surface area contributed by atoms with Gasteiger partial charge >= 0.3 is 0 Å². The minimum atomic E-state index is 0.177. The number of likely N-dealkylation sites (tertiary alicyclic amines) is 1. The summed E-state index contributed by atoms with van der Waals surface area (Å²) in [6.07, 6.45) is 10.7. The molecule has 25 heavy (non-hydrogen) atoms. The quantitative estimate of drug-likeness (QED) is 0.825. The molecule has 0 unspecified atom stereocenters. The third-order valence-corrected chi connectivity index (χ3v) is 6.93. The minimum Gasteiger partial charge on any atom is -0.381 e.